The summed E-state index contributed by atoms with van der Waals surface area (Å²) < 4.78 is 7.08. The fourth-order valence-electron chi connectivity index (χ4n) is 5.44. The van der Waals surface area contributed by atoms with Gasteiger partial charge in [0.25, 0.3) is 5.91 Å². The molecule has 6 nitrogen and oxygen atoms in total. The molecule has 0 spiro atoms. The minimum absolute atomic E-state index is 0.0169. The van der Waals surface area contributed by atoms with E-state index in [1.165, 1.54) is 18.4 Å². The Kier molecular flexibility index (Phi) is 9.11. The number of fused-ring (bicyclic) bond motifs is 1. The molecule has 1 amide bonds. The van der Waals surface area contributed by atoms with E-state index in [2.05, 4.69) is 38.2 Å². The second-order valence-electron chi connectivity index (χ2n) is 12.0. The lowest BCUT2D eigenvalue weighted by Crippen LogP contribution is -2.42. The summed E-state index contributed by atoms with van der Waals surface area (Å²) in [6, 6.07) is 16.1. The number of rotatable bonds is 9. The van der Waals surface area contributed by atoms with Crippen LogP contribution >= 0.6 is 34.5 Å². The first-order valence-corrected chi connectivity index (χ1v) is 15.7. The molecule has 42 heavy (non-hydrogen) atoms. The predicted molar refractivity (Wildman–Crippen MR) is 170 cm³/mol. The average molecular weight is 626 g/mol. The van der Waals surface area contributed by atoms with E-state index in [0.717, 1.165) is 52.8 Å². The minimum Gasteiger partial charge on any atom is -0.480 e. The number of amides is 1. The SMILES string of the molecule is CC(C)(C)c1ccc(Oc2ccc3cc(C(=O)N[C@@H](Cc4cc(Cl)sc4Cl)C(=O)O)nc(CC4CCCC4)c3c2)cc1. The first-order valence-electron chi connectivity index (χ1n) is 14.2. The average Bonchev–Trinajstić information content (AvgIpc) is 3.56. The maximum atomic E-state index is 13.4. The van der Waals surface area contributed by atoms with Crippen molar-refractivity contribution in [2.24, 2.45) is 5.92 Å². The number of benzene rings is 2. The van der Waals surface area contributed by atoms with E-state index in [1.807, 2.05) is 30.3 Å². The molecule has 2 heterocycles. The number of carboxylic acid groups (broad SMARTS) is 1. The number of ether oxygens (including phenoxy) is 1. The van der Waals surface area contributed by atoms with Crippen LogP contribution in [0.25, 0.3) is 10.8 Å². The normalized spacial score (nSPS) is 14.7. The van der Waals surface area contributed by atoms with E-state index in [9.17, 15) is 14.7 Å². The van der Waals surface area contributed by atoms with Gasteiger partial charge >= 0.3 is 5.97 Å². The molecule has 0 aliphatic heterocycles. The van der Waals surface area contributed by atoms with Crippen molar-refractivity contribution in [2.75, 3.05) is 0 Å². The summed E-state index contributed by atoms with van der Waals surface area (Å²) >= 11 is 13.4. The molecule has 2 N–H and O–H groups in total. The number of thiophene rings is 1. The Labute approximate surface area is 260 Å². The minimum atomic E-state index is -1.18. The number of nitrogens with one attached hydrogen (secondary N) is 1. The van der Waals surface area contributed by atoms with Gasteiger partial charge in [0.2, 0.25) is 0 Å². The molecule has 0 bridgehead atoms. The molecule has 0 radical (unpaired) electrons. The molecular weight excluding hydrogens is 591 g/mol. The highest BCUT2D eigenvalue weighted by Crippen LogP contribution is 2.34. The topological polar surface area (TPSA) is 88.5 Å². The molecule has 5 rings (SSSR count). The molecule has 2 aromatic heterocycles. The van der Waals surface area contributed by atoms with E-state index >= 15 is 0 Å². The van der Waals surface area contributed by atoms with Gasteiger partial charge in [0.15, 0.2) is 0 Å². The molecule has 9 heteroatoms. The third-order valence-corrected chi connectivity index (χ3v) is 9.35. The molecule has 1 aliphatic carbocycles. The van der Waals surface area contributed by atoms with Gasteiger partial charge in [-0.15, -0.1) is 11.3 Å². The predicted octanol–water partition coefficient (Wildman–Crippen LogP) is 8.85. The highest BCUT2D eigenvalue weighted by molar-refractivity contribution is 7.20. The Morgan fingerprint density at radius 2 is 1.74 bits per heavy atom. The summed E-state index contributed by atoms with van der Waals surface area (Å²) in [6.45, 7) is 6.53. The Morgan fingerprint density at radius 3 is 2.36 bits per heavy atom. The van der Waals surface area contributed by atoms with Crippen molar-refractivity contribution in [3.63, 3.8) is 0 Å². The van der Waals surface area contributed by atoms with Gasteiger partial charge in [-0.05, 0) is 70.7 Å². The lowest BCUT2D eigenvalue weighted by Gasteiger charge is -2.19. The summed E-state index contributed by atoms with van der Waals surface area (Å²) in [6.07, 6.45) is 5.39. The largest absolute Gasteiger partial charge is 0.480 e. The summed E-state index contributed by atoms with van der Waals surface area (Å²) in [5.74, 6) is 0.218. The second kappa shape index (κ2) is 12.6. The zero-order chi connectivity index (χ0) is 30.0. The monoisotopic (exact) mass is 624 g/mol. The molecule has 1 aliphatic rings. The molecule has 0 unspecified atom stereocenters. The summed E-state index contributed by atoms with van der Waals surface area (Å²) in [7, 11) is 0. The van der Waals surface area contributed by atoms with E-state index in [-0.39, 0.29) is 17.5 Å². The molecule has 4 aromatic rings. The first-order chi connectivity index (χ1) is 20.0. The zero-order valence-corrected chi connectivity index (χ0v) is 26.2. The van der Waals surface area contributed by atoms with Crippen molar-refractivity contribution in [2.45, 2.75) is 70.8 Å². The smallest absolute Gasteiger partial charge is 0.326 e. The lowest BCUT2D eigenvalue weighted by atomic mass is 9.87. The Morgan fingerprint density at radius 1 is 1.05 bits per heavy atom. The van der Waals surface area contributed by atoms with Crippen LogP contribution in [0.5, 0.6) is 11.5 Å². The van der Waals surface area contributed by atoms with E-state index in [0.29, 0.717) is 25.9 Å². The Bertz CT molecular complexity index is 1610. The van der Waals surface area contributed by atoms with Crippen LogP contribution in [0.2, 0.25) is 8.67 Å². The molecule has 1 saturated carbocycles. The summed E-state index contributed by atoms with van der Waals surface area (Å²) in [5.41, 5.74) is 2.87. The van der Waals surface area contributed by atoms with Gasteiger partial charge in [0, 0.05) is 17.5 Å². The van der Waals surface area contributed by atoms with Gasteiger partial charge in [-0.2, -0.15) is 0 Å². The van der Waals surface area contributed by atoms with E-state index in [1.54, 1.807) is 12.1 Å². The Hall–Kier alpha value is -3.13. The van der Waals surface area contributed by atoms with Crippen molar-refractivity contribution < 1.29 is 19.4 Å². The van der Waals surface area contributed by atoms with Gasteiger partial charge in [-0.1, -0.05) is 87.9 Å². The van der Waals surface area contributed by atoms with E-state index < -0.39 is 17.9 Å². The van der Waals surface area contributed by atoms with Crippen molar-refractivity contribution in [1.29, 1.82) is 0 Å². The van der Waals surface area contributed by atoms with Crippen LogP contribution < -0.4 is 10.1 Å². The van der Waals surface area contributed by atoms with Gasteiger partial charge < -0.3 is 15.2 Å². The number of carbonyl (C=O) groups excluding carboxylic acids is 1. The lowest BCUT2D eigenvalue weighted by molar-refractivity contribution is -0.139. The van der Waals surface area contributed by atoms with Gasteiger partial charge in [0.05, 0.1) is 8.67 Å². The fourth-order valence-corrected chi connectivity index (χ4v) is 6.95. The number of aliphatic carboxylic acids is 1. The molecule has 2 aromatic carbocycles. The van der Waals surface area contributed by atoms with Crippen molar-refractivity contribution in [3.05, 3.63) is 85.8 Å². The number of pyridine rings is 1. The number of nitrogens with zero attached hydrogens (tertiary/aromatic N) is 1. The highest BCUT2D eigenvalue weighted by Gasteiger charge is 2.25. The van der Waals surface area contributed by atoms with E-state index in [4.69, 9.17) is 32.9 Å². The van der Waals surface area contributed by atoms with Crippen LogP contribution in [0, 0.1) is 5.92 Å². The fraction of sp³-hybridized carbons (Fsp3) is 0.364. The third kappa shape index (κ3) is 7.25. The van der Waals surface area contributed by atoms with Gasteiger partial charge in [0.1, 0.15) is 23.2 Å². The van der Waals surface area contributed by atoms with Crippen molar-refractivity contribution in [3.8, 4) is 11.5 Å². The second-order valence-corrected chi connectivity index (χ2v) is 14.3. The van der Waals surface area contributed by atoms with Gasteiger partial charge in [-0.25, -0.2) is 9.78 Å². The van der Waals surface area contributed by atoms with Crippen LogP contribution in [0.4, 0.5) is 0 Å². The maximum absolute atomic E-state index is 13.4. The number of carboxylic acids is 1. The summed E-state index contributed by atoms with van der Waals surface area (Å²) in [4.78, 5) is 30.2. The molecule has 1 atom stereocenters. The zero-order valence-electron chi connectivity index (χ0n) is 23.9. The van der Waals surface area contributed by atoms with Crippen LogP contribution in [-0.2, 0) is 23.1 Å². The van der Waals surface area contributed by atoms with Crippen LogP contribution in [-0.4, -0.2) is 28.0 Å². The van der Waals surface area contributed by atoms with Gasteiger partial charge in [-0.3, -0.25) is 4.79 Å². The van der Waals surface area contributed by atoms with Crippen molar-refractivity contribution in [1.82, 2.24) is 10.3 Å². The van der Waals surface area contributed by atoms with Crippen LogP contribution in [0.1, 0.15) is 73.8 Å². The standard InChI is InChI=1S/C33H34Cl2N2O4S/c1-33(2,3)22-9-12-23(13-10-22)41-24-11-8-20-15-27(36-26(25(20)18-24)14-19-6-4-5-7-19)31(38)37-28(32(39)40)16-21-17-29(34)42-30(21)35/h8-13,15,17-19,28H,4-7,14,16H2,1-3H3,(H,37,38)(H,39,40)/t28-/m0/s1. The first kappa shape index (κ1) is 30.3. The number of aromatic nitrogens is 1. The molecule has 1 fully saturated rings. The number of halogens is 2. The molecule has 220 valence electrons. The summed E-state index contributed by atoms with van der Waals surface area (Å²) in [5, 5.41) is 14.2. The third-order valence-electron chi connectivity index (χ3n) is 7.78. The quantitative estimate of drug-likeness (QED) is 0.194. The number of hydrogen-bond acceptors (Lipinski definition) is 5. The number of hydrogen-bond donors (Lipinski definition) is 2. The molecule has 0 saturated heterocycles. The highest BCUT2D eigenvalue weighted by atomic mass is 35.5. The Balaban J connectivity index is 1.42. The number of carbonyl (C=O) groups is 2. The van der Waals surface area contributed by atoms with Crippen molar-refractivity contribution >= 4 is 57.2 Å². The van der Waals surface area contributed by atoms with Crippen LogP contribution in [0.15, 0.2) is 54.6 Å². The van der Waals surface area contributed by atoms with Crippen LogP contribution in [0.3, 0.4) is 0 Å². The molecular formula is C33H34Cl2N2O4S. The maximum Gasteiger partial charge on any atom is 0.326 e.